The van der Waals surface area contributed by atoms with E-state index in [1.165, 1.54) is 12.1 Å². The van der Waals surface area contributed by atoms with Crippen molar-refractivity contribution in [2.75, 3.05) is 6.54 Å². The number of hydrogen-bond acceptors (Lipinski definition) is 6. The number of aryl methyl sites for hydroxylation is 1. The highest BCUT2D eigenvalue weighted by Gasteiger charge is 2.31. The van der Waals surface area contributed by atoms with Crippen LogP contribution in [0.5, 0.6) is 5.75 Å². The summed E-state index contributed by atoms with van der Waals surface area (Å²) in [5.41, 5.74) is 0.397. The van der Waals surface area contributed by atoms with Gasteiger partial charge in [0.2, 0.25) is 5.91 Å². The third kappa shape index (κ3) is 5.54. The van der Waals surface area contributed by atoms with Gasteiger partial charge in [-0.2, -0.15) is 0 Å². The van der Waals surface area contributed by atoms with Gasteiger partial charge in [0.15, 0.2) is 0 Å². The maximum absolute atomic E-state index is 12.3. The number of benzene rings is 2. The van der Waals surface area contributed by atoms with Gasteiger partial charge in [-0.15, -0.1) is 18.3 Å². The molecular weight excluding hydrogens is 405 g/mol. The Balaban J connectivity index is 1.51. The summed E-state index contributed by atoms with van der Waals surface area (Å²) in [6.45, 7) is -0.154. The van der Waals surface area contributed by atoms with Crippen LogP contribution in [0.2, 0.25) is 0 Å². The number of hydrogen-bond donors (Lipinski definition) is 2. The molecule has 0 aliphatic rings. The summed E-state index contributed by atoms with van der Waals surface area (Å²) in [4.78, 5) is 24.3. The molecule has 0 bridgehead atoms. The van der Waals surface area contributed by atoms with Crippen LogP contribution in [-0.2, 0) is 11.3 Å². The van der Waals surface area contributed by atoms with E-state index in [9.17, 15) is 27.9 Å². The first-order valence-corrected chi connectivity index (χ1v) is 8.86. The Labute approximate surface area is 167 Å². The van der Waals surface area contributed by atoms with Gasteiger partial charge in [0.25, 0.3) is 5.56 Å². The fourth-order valence-electron chi connectivity index (χ4n) is 2.69. The van der Waals surface area contributed by atoms with Crippen molar-refractivity contribution in [1.82, 2.24) is 20.3 Å². The molecule has 0 saturated carbocycles. The molecular formula is C19H17F3N4O4. The number of amides is 1. The number of aliphatic hydroxyl groups excluding tert-OH is 1. The smallest absolute Gasteiger partial charge is 0.406 e. The maximum atomic E-state index is 12.3. The molecule has 1 amide bonds. The summed E-state index contributed by atoms with van der Waals surface area (Å²) in [5.74, 6) is -0.850. The van der Waals surface area contributed by atoms with Crippen molar-refractivity contribution < 1.29 is 27.8 Å². The lowest BCUT2D eigenvalue weighted by atomic mass is 10.1. The van der Waals surface area contributed by atoms with E-state index in [1.807, 2.05) is 0 Å². The van der Waals surface area contributed by atoms with Gasteiger partial charge in [0, 0.05) is 13.0 Å². The van der Waals surface area contributed by atoms with Crippen LogP contribution in [0.3, 0.4) is 0 Å². The van der Waals surface area contributed by atoms with E-state index in [4.69, 9.17) is 0 Å². The number of carbonyl (C=O) groups is 1. The molecule has 0 saturated heterocycles. The van der Waals surface area contributed by atoms with Crippen molar-refractivity contribution in [1.29, 1.82) is 0 Å². The number of fused-ring (bicyclic) bond motifs is 1. The summed E-state index contributed by atoms with van der Waals surface area (Å²) >= 11 is 0. The quantitative estimate of drug-likeness (QED) is 0.603. The van der Waals surface area contributed by atoms with Crippen LogP contribution in [0, 0.1) is 0 Å². The van der Waals surface area contributed by atoms with Crippen LogP contribution >= 0.6 is 0 Å². The standard InChI is InChI=1S/C19H17F3N4O4/c20-19(21,22)30-13-7-5-12(6-8-13)16(27)11-23-17(28)9-10-26-18(29)14-3-1-2-4-15(14)24-25-26/h1-8,16,27H,9-11H2,(H,23,28). The van der Waals surface area contributed by atoms with Gasteiger partial charge >= 0.3 is 6.36 Å². The van der Waals surface area contributed by atoms with E-state index in [2.05, 4.69) is 20.4 Å². The molecule has 1 heterocycles. The number of aromatic nitrogens is 3. The Bertz CT molecular complexity index is 1080. The van der Waals surface area contributed by atoms with Crippen LogP contribution in [0.1, 0.15) is 18.1 Å². The largest absolute Gasteiger partial charge is 0.573 e. The van der Waals surface area contributed by atoms with Crippen LogP contribution in [0.15, 0.2) is 53.3 Å². The van der Waals surface area contributed by atoms with Gasteiger partial charge in [-0.1, -0.05) is 29.5 Å². The molecule has 1 unspecified atom stereocenters. The molecule has 0 spiro atoms. The Morgan fingerprint density at radius 2 is 1.87 bits per heavy atom. The van der Waals surface area contributed by atoms with Gasteiger partial charge < -0.3 is 15.2 Å². The fourth-order valence-corrected chi connectivity index (χ4v) is 2.69. The lowest BCUT2D eigenvalue weighted by Crippen LogP contribution is -2.31. The Morgan fingerprint density at radius 3 is 2.57 bits per heavy atom. The van der Waals surface area contributed by atoms with Crippen LogP contribution in [0.25, 0.3) is 10.9 Å². The average molecular weight is 422 g/mol. The second-order valence-corrected chi connectivity index (χ2v) is 6.32. The zero-order chi connectivity index (χ0) is 21.7. The molecule has 0 fully saturated rings. The molecule has 158 valence electrons. The molecule has 3 aromatic rings. The van der Waals surface area contributed by atoms with Gasteiger partial charge in [0.1, 0.15) is 11.3 Å². The third-order valence-corrected chi connectivity index (χ3v) is 4.17. The lowest BCUT2D eigenvalue weighted by Gasteiger charge is -2.14. The van der Waals surface area contributed by atoms with Crippen LogP contribution in [-0.4, -0.2) is 38.9 Å². The average Bonchev–Trinajstić information content (AvgIpc) is 2.71. The zero-order valence-electron chi connectivity index (χ0n) is 15.5. The highest BCUT2D eigenvalue weighted by atomic mass is 19.4. The Morgan fingerprint density at radius 1 is 1.17 bits per heavy atom. The number of rotatable bonds is 7. The molecule has 8 nitrogen and oxygen atoms in total. The van der Waals surface area contributed by atoms with Crippen LogP contribution in [0.4, 0.5) is 13.2 Å². The molecule has 0 aliphatic heterocycles. The highest BCUT2D eigenvalue weighted by Crippen LogP contribution is 2.24. The minimum Gasteiger partial charge on any atom is -0.406 e. The van der Waals surface area contributed by atoms with Crippen molar-refractivity contribution in [3.8, 4) is 5.75 Å². The summed E-state index contributed by atoms with van der Waals surface area (Å²) < 4.78 is 41.3. The summed E-state index contributed by atoms with van der Waals surface area (Å²) in [5, 5.41) is 20.7. The Kier molecular flexibility index (Phi) is 6.31. The minimum atomic E-state index is -4.80. The van der Waals surface area contributed by atoms with E-state index < -0.39 is 24.1 Å². The summed E-state index contributed by atoms with van der Waals surface area (Å²) in [6, 6.07) is 11.4. The first-order chi connectivity index (χ1) is 14.2. The summed E-state index contributed by atoms with van der Waals surface area (Å²) in [6.07, 6.45) is -6.00. The maximum Gasteiger partial charge on any atom is 0.573 e. The topological polar surface area (TPSA) is 106 Å². The predicted octanol–water partition coefficient (Wildman–Crippen LogP) is 1.93. The van der Waals surface area contributed by atoms with Crippen molar-refractivity contribution in [2.24, 2.45) is 0 Å². The second kappa shape index (κ2) is 8.91. The summed E-state index contributed by atoms with van der Waals surface area (Å²) in [7, 11) is 0. The fraction of sp³-hybridized carbons (Fsp3) is 0.263. The number of carbonyl (C=O) groups excluding carboxylic acids is 1. The van der Waals surface area contributed by atoms with Crippen LogP contribution < -0.4 is 15.6 Å². The SMILES string of the molecule is O=C(CCn1nnc2ccccc2c1=O)NCC(O)c1ccc(OC(F)(F)F)cc1. The van der Waals surface area contributed by atoms with Crippen molar-refractivity contribution in [3.63, 3.8) is 0 Å². The molecule has 0 aliphatic carbocycles. The normalized spacial score (nSPS) is 12.5. The van der Waals surface area contributed by atoms with E-state index in [0.717, 1.165) is 16.8 Å². The second-order valence-electron chi connectivity index (χ2n) is 6.32. The van der Waals surface area contributed by atoms with Gasteiger partial charge in [-0.25, -0.2) is 4.68 Å². The van der Waals surface area contributed by atoms with Gasteiger partial charge in [-0.05, 0) is 29.8 Å². The number of aliphatic hydroxyl groups is 1. The van der Waals surface area contributed by atoms with Crippen molar-refractivity contribution in [2.45, 2.75) is 25.4 Å². The monoisotopic (exact) mass is 422 g/mol. The van der Waals surface area contributed by atoms with Gasteiger partial charge in [0.05, 0.1) is 18.0 Å². The number of nitrogens with one attached hydrogen (secondary N) is 1. The lowest BCUT2D eigenvalue weighted by molar-refractivity contribution is -0.274. The van der Waals surface area contributed by atoms with Crippen molar-refractivity contribution in [3.05, 3.63) is 64.4 Å². The molecule has 30 heavy (non-hydrogen) atoms. The van der Waals surface area contributed by atoms with E-state index in [0.29, 0.717) is 16.5 Å². The number of alkyl halides is 3. The Hall–Kier alpha value is -3.47. The highest BCUT2D eigenvalue weighted by molar-refractivity contribution is 5.77. The zero-order valence-corrected chi connectivity index (χ0v) is 15.5. The molecule has 3 rings (SSSR count). The number of halogens is 3. The molecule has 2 aromatic carbocycles. The molecule has 1 atom stereocenters. The van der Waals surface area contributed by atoms with E-state index >= 15 is 0 Å². The van der Waals surface area contributed by atoms with E-state index in [1.54, 1.807) is 24.3 Å². The van der Waals surface area contributed by atoms with E-state index in [-0.39, 0.29) is 25.1 Å². The molecule has 0 radical (unpaired) electrons. The first kappa shape index (κ1) is 21.2. The number of ether oxygens (including phenoxy) is 1. The first-order valence-electron chi connectivity index (χ1n) is 8.86. The minimum absolute atomic E-state index is 0.00206. The van der Waals surface area contributed by atoms with Crippen molar-refractivity contribution >= 4 is 16.8 Å². The number of nitrogens with zero attached hydrogens (tertiary/aromatic N) is 3. The third-order valence-electron chi connectivity index (χ3n) is 4.17. The predicted molar refractivity (Wildman–Crippen MR) is 99.5 cm³/mol. The molecule has 1 aromatic heterocycles. The molecule has 11 heteroatoms. The van der Waals surface area contributed by atoms with Gasteiger partial charge in [-0.3, -0.25) is 9.59 Å². The molecule has 2 N–H and O–H groups in total.